The summed E-state index contributed by atoms with van der Waals surface area (Å²) < 4.78 is 15.4. The summed E-state index contributed by atoms with van der Waals surface area (Å²) in [7, 11) is 1.95. The van der Waals surface area contributed by atoms with Crippen molar-refractivity contribution < 1.29 is 9.18 Å². The highest BCUT2D eigenvalue weighted by Gasteiger charge is 2.21. The van der Waals surface area contributed by atoms with E-state index in [1.165, 1.54) is 16.5 Å². The minimum atomic E-state index is -0.211. The SMILES string of the molecule is Cc1nn(C)c(C)c1CCNC(=O)N1CCN(Cc2ccc(-c3cccc(F)c3)s2)CC1. The van der Waals surface area contributed by atoms with Gasteiger partial charge in [0.2, 0.25) is 0 Å². The average Bonchev–Trinajstić information content (AvgIpc) is 3.33. The van der Waals surface area contributed by atoms with E-state index in [0.717, 1.165) is 61.0 Å². The van der Waals surface area contributed by atoms with Crippen LogP contribution in [0, 0.1) is 19.7 Å². The number of urea groups is 1. The van der Waals surface area contributed by atoms with E-state index in [0.29, 0.717) is 6.54 Å². The van der Waals surface area contributed by atoms with Gasteiger partial charge in [-0.05, 0) is 55.7 Å². The summed E-state index contributed by atoms with van der Waals surface area (Å²) in [5, 5.41) is 7.49. The summed E-state index contributed by atoms with van der Waals surface area (Å²) in [6, 6.07) is 10.9. The number of halogens is 1. The van der Waals surface area contributed by atoms with Crippen LogP contribution in [0.5, 0.6) is 0 Å². The number of carbonyl (C=O) groups is 1. The average molecular weight is 456 g/mol. The lowest BCUT2D eigenvalue weighted by atomic mass is 10.1. The zero-order chi connectivity index (χ0) is 22.7. The Morgan fingerprint density at radius 3 is 2.62 bits per heavy atom. The molecule has 1 saturated heterocycles. The van der Waals surface area contributed by atoms with Gasteiger partial charge in [0.1, 0.15) is 5.82 Å². The van der Waals surface area contributed by atoms with E-state index in [2.05, 4.69) is 34.4 Å². The molecule has 4 rings (SSSR count). The number of nitrogens with one attached hydrogen (secondary N) is 1. The first kappa shape index (κ1) is 22.5. The summed E-state index contributed by atoms with van der Waals surface area (Å²) in [5.41, 5.74) is 4.31. The summed E-state index contributed by atoms with van der Waals surface area (Å²) >= 11 is 1.70. The minimum absolute atomic E-state index is 0.00774. The second-order valence-corrected chi connectivity index (χ2v) is 9.46. The third kappa shape index (κ3) is 5.19. The van der Waals surface area contributed by atoms with Gasteiger partial charge in [-0.15, -0.1) is 11.3 Å². The van der Waals surface area contributed by atoms with Gasteiger partial charge in [0.05, 0.1) is 5.69 Å². The van der Waals surface area contributed by atoms with Crippen molar-refractivity contribution in [1.29, 1.82) is 0 Å². The number of amides is 2. The number of piperazine rings is 1. The first-order chi connectivity index (χ1) is 15.4. The molecule has 0 radical (unpaired) electrons. The number of aryl methyl sites for hydroxylation is 2. The normalized spacial score (nSPS) is 14.7. The Kier molecular flexibility index (Phi) is 6.91. The predicted molar refractivity (Wildman–Crippen MR) is 126 cm³/mol. The zero-order valence-corrected chi connectivity index (χ0v) is 19.7. The van der Waals surface area contributed by atoms with Gasteiger partial charge >= 0.3 is 6.03 Å². The van der Waals surface area contributed by atoms with Gasteiger partial charge in [-0.1, -0.05) is 12.1 Å². The fraction of sp³-hybridized carbons (Fsp3) is 0.417. The number of benzene rings is 1. The molecule has 170 valence electrons. The molecule has 0 bridgehead atoms. The largest absolute Gasteiger partial charge is 0.338 e. The van der Waals surface area contributed by atoms with Crippen molar-refractivity contribution in [2.45, 2.75) is 26.8 Å². The van der Waals surface area contributed by atoms with Crippen LogP contribution in [-0.2, 0) is 20.0 Å². The number of hydrogen-bond acceptors (Lipinski definition) is 4. The van der Waals surface area contributed by atoms with Crippen molar-refractivity contribution in [3.05, 3.63) is 64.0 Å². The molecule has 6 nitrogen and oxygen atoms in total. The standard InChI is InChI=1S/C24H30FN5OS/c1-17-22(18(2)28(3)27-17)9-10-26-24(31)30-13-11-29(12-14-30)16-21-7-8-23(32-21)19-5-4-6-20(25)15-19/h4-8,15H,9-14,16H2,1-3H3,(H,26,31). The fourth-order valence-corrected chi connectivity index (χ4v) is 5.22. The molecule has 0 aliphatic carbocycles. The van der Waals surface area contributed by atoms with Crippen molar-refractivity contribution in [2.24, 2.45) is 7.05 Å². The monoisotopic (exact) mass is 455 g/mol. The predicted octanol–water partition coefficient (Wildman–Crippen LogP) is 3.97. The van der Waals surface area contributed by atoms with E-state index >= 15 is 0 Å². The van der Waals surface area contributed by atoms with Gasteiger partial charge < -0.3 is 10.2 Å². The lowest BCUT2D eigenvalue weighted by Crippen LogP contribution is -2.51. The highest BCUT2D eigenvalue weighted by atomic mass is 32.1. The fourth-order valence-electron chi connectivity index (χ4n) is 4.17. The smallest absolute Gasteiger partial charge is 0.317 e. The molecule has 0 unspecified atom stereocenters. The van der Waals surface area contributed by atoms with Crippen LogP contribution in [0.25, 0.3) is 10.4 Å². The van der Waals surface area contributed by atoms with Crippen LogP contribution in [0.4, 0.5) is 9.18 Å². The molecule has 1 N–H and O–H groups in total. The topological polar surface area (TPSA) is 53.4 Å². The highest BCUT2D eigenvalue weighted by molar-refractivity contribution is 7.15. The Morgan fingerprint density at radius 2 is 1.94 bits per heavy atom. The molecule has 2 aromatic heterocycles. The number of aromatic nitrogens is 2. The van der Waals surface area contributed by atoms with E-state index in [1.54, 1.807) is 23.5 Å². The third-order valence-corrected chi connectivity index (χ3v) is 7.24. The van der Waals surface area contributed by atoms with Crippen LogP contribution in [-0.4, -0.2) is 58.3 Å². The summed E-state index contributed by atoms with van der Waals surface area (Å²) in [6.45, 7) is 8.68. The Hall–Kier alpha value is -2.71. The molecule has 1 aliphatic rings. The molecule has 2 amide bonds. The molecule has 3 heterocycles. The van der Waals surface area contributed by atoms with Crippen LogP contribution >= 0.6 is 11.3 Å². The van der Waals surface area contributed by atoms with Gasteiger partial charge in [-0.3, -0.25) is 9.58 Å². The summed E-state index contributed by atoms with van der Waals surface area (Å²) in [5.74, 6) is -0.211. The van der Waals surface area contributed by atoms with Crippen LogP contribution < -0.4 is 5.32 Å². The summed E-state index contributed by atoms with van der Waals surface area (Å²) in [6.07, 6.45) is 0.795. The van der Waals surface area contributed by atoms with Crippen molar-refractivity contribution in [1.82, 2.24) is 24.9 Å². The van der Waals surface area contributed by atoms with E-state index in [9.17, 15) is 9.18 Å². The Bertz CT molecular complexity index is 1080. The quantitative estimate of drug-likeness (QED) is 0.612. The Labute approximate surface area is 192 Å². The van der Waals surface area contributed by atoms with E-state index < -0.39 is 0 Å². The second kappa shape index (κ2) is 9.83. The lowest BCUT2D eigenvalue weighted by molar-refractivity contribution is 0.136. The molecule has 3 aromatic rings. The molecule has 1 aromatic carbocycles. The lowest BCUT2D eigenvalue weighted by Gasteiger charge is -2.34. The van der Waals surface area contributed by atoms with Crippen molar-refractivity contribution in [3.8, 4) is 10.4 Å². The molecule has 0 saturated carbocycles. The molecular weight excluding hydrogens is 425 g/mol. The highest BCUT2D eigenvalue weighted by Crippen LogP contribution is 2.29. The molecule has 0 atom stereocenters. The second-order valence-electron chi connectivity index (χ2n) is 8.29. The maximum Gasteiger partial charge on any atom is 0.317 e. The van der Waals surface area contributed by atoms with Crippen molar-refractivity contribution in [3.63, 3.8) is 0 Å². The van der Waals surface area contributed by atoms with Crippen molar-refractivity contribution >= 4 is 17.4 Å². The van der Waals surface area contributed by atoms with Gasteiger partial charge in [-0.2, -0.15) is 5.10 Å². The van der Waals surface area contributed by atoms with Crippen molar-refractivity contribution in [2.75, 3.05) is 32.7 Å². The number of carbonyl (C=O) groups excluding carboxylic acids is 1. The van der Waals surface area contributed by atoms with Crippen LogP contribution in [0.2, 0.25) is 0 Å². The number of thiophene rings is 1. The molecular formula is C24H30FN5OS. The molecule has 32 heavy (non-hydrogen) atoms. The molecule has 0 spiro atoms. The third-order valence-electron chi connectivity index (χ3n) is 6.12. The number of rotatable bonds is 6. The Morgan fingerprint density at radius 1 is 1.16 bits per heavy atom. The first-order valence-electron chi connectivity index (χ1n) is 11.0. The van der Waals surface area contributed by atoms with Gasteiger partial charge in [0, 0.05) is 61.8 Å². The van der Waals surface area contributed by atoms with Gasteiger partial charge in [-0.25, -0.2) is 9.18 Å². The molecule has 8 heteroatoms. The molecule has 1 aliphatic heterocycles. The van der Waals surface area contributed by atoms with E-state index in [1.807, 2.05) is 29.6 Å². The van der Waals surface area contributed by atoms with Crippen LogP contribution in [0.3, 0.4) is 0 Å². The number of hydrogen-bond donors (Lipinski definition) is 1. The molecule has 1 fully saturated rings. The maximum atomic E-state index is 13.5. The Balaban J connectivity index is 1.22. The zero-order valence-electron chi connectivity index (χ0n) is 18.9. The first-order valence-corrected chi connectivity index (χ1v) is 11.8. The van der Waals surface area contributed by atoms with Gasteiger partial charge in [0.15, 0.2) is 0 Å². The number of nitrogens with zero attached hydrogens (tertiary/aromatic N) is 4. The minimum Gasteiger partial charge on any atom is -0.338 e. The van der Waals surface area contributed by atoms with Crippen LogP contribution in [0.1, 0.15) is 21.8 Å². The van der Waals surface area contributed by atoms with Gasteiger partial charge in [0.25, 0.3) is 0 Å². The van der Waals surface area contributed by atoms with E-state index in [-0.39, 0.29) is 11.8 Å². The maximum absolute atomic E-state index is 13.5. The van der Waals surface area contributed by atoms with Crippen LogP contribution in [0.15, 0.2) is 36.4 Å². The van der Waals surface area contributed by atoms with E-state index in [4.69, 9.17) is 0 Å². The summed E-state index contributed by atoms with van der Waals surface area (Å²) in [4.78, 5) is 19.2.